The van der Waals surface area contributed by atoms with Gasteiger partial charge in [0.25, 0.3) is 0 Å². The molecule has 2 nitrogen and oxygen atoms in total. The summed E-state index contributed by atoms with van der Waals surface area (Å²) in [5.74, 6) is 0. The molecular weight excluding hydrogens is 220 g/mol. The van der Waals surface area contributed by atoms with Gasteiger partial charge in [-0.15, -0.1) is 0 Å². The molecule has 0 aromatic carbocycles. The molecule has 0 bridgehead atoms. The summed E-state index contributed by atoms with van der Waals surface area (Å²) in [6.07, 6.45) is 13.6. The summed E-state index contributed by atoms with van der Waals surface area (Å²) in [5, 5.41) is 7.01. The summed E-state index contributed by atoms with van der Waals surface area (Å²) in [6.45, 7) is 9.36. The minimum absolute atomic E-state index is 1.21. The van der Waals surface area contributed by atoms with Crippen molar-refractivity contribution < 1.29 is 0 Å². The Kier molecular flexibility index (Phi) is 16.8. The molecule has 0 aliphatic carbocycles. The lowest BCUT2D eigenvalue weighted by Gasteiger charge is -2.05. The van der Waals surface area contributed by atoms with Crippen LogP contribution >= 0.6 is 0 Å². The van der Waals surface area contributed by atoms with Gasteiger partial charge in [-0.1, -0.05) is 52.4 Å². The van der Waals surface area contributed by atoms with E-state index in [1.807, 2.05) is 0 Å². The van der Waals surface area contributed by atoms with E-state index in [1.165, 1.54) is 90.4 Å². The molecule has 110 valence electrons. The Bertz CT molecular complexity index is 121. The number of rotatable bonds is 15. The molecule has 0 saturated carbocycles. The Balaban J connectivity index is 2.86. The fraction of sp³-hybridized carbons (Fsp3) is 1.00. The lowest BCUT2D eigenvalue weighted by Crippen LogP contribution is -2.16. The van der Waals surface area contributed by atoms with Crippen molar-refractivity contribution in [1.29, 1.82) is 0 Å². The highest BCUT2D eigenvalue weighted by Crippen LogP contribution is 2.04. The van der Waals surface area contributed by atoms with Crippen molar-refractivity contribution in [2.75, 3.05) is 26.2 Å². The normalized spacial score (nSPS) is 11.0. The van der Waals surface area contributed by atoms with Crippen LogP contribution in [-0.4, -0.2) is 26.2 Å². The maximum atomic E-state index is 3.51. The standard InChI is InChI=1S/C16H36N2/c1-3-5-13-17-15-11-9-7-8-10-12-16-18-14-6-4-2/h17-18H,3-16H2,1-2H3. The topological polar surface area (TPSA) is 24.1 Å². The van der Waals surface area contributed by atoms with Crippen LogP contribution in [0.15, 0.2) is 0 Å². The Morgan fingerprint density at radius 2 is 0.778 bits per heavy atom. The van der Waals surface area contributed by atoms with Crippen LogP contribution in [0.25, 0.3) is 0 Å². The summed E-state index contributed by atoms with van der Waals surface area (Å²) in [5.41, 5.74) is 0. The largest absolute Gasteiger partial charge is 0.317 e. The Morgan fingerprint density at radius 1 is 0.444 bits per heavy atom. The second kappa shape index (κ2) is 16.9. The predicted octanol–water partition coefficient (Wildman–Crippen LogP) is 4.11. The number of unbranched alkanes of at least 4 members (excludes halogenated alkanes) is 7. The number of nitrogens with one attached hydrogen (secondary N) is 2. The second-order valence-corrected chi connectivity index (χ2v) is 5.33. The zero-order valence-electron chi connectivity index (χ0n) is 12.9. The van der Waals surface area contributed by atoms with Gasteiger partial charge in [0.1, 0.15) is 0 Å². The minimum Gasteiger partial charge on any atom is -0.317 e. The monoisotopic (exact) mass is 256 g/mol. The van der Waals surface area contributed by atoms with E-state index in [1.54, 1.807) is 0 Å². The zero-order valence-corrected chi connectivity index (χ0v) is 12.9. The summed E-state index contributed by atoms with van der Waals surface area (Å²) in [6, 6.07) is 0. The van der Waals surface area contributed by atoms with E-state index in [0.29, 0.717) is 0 Å². The highest BCUT2D eigenvalue weighted by Gasteiger charge is 1.92. The van der Waals surface area contributed by atoms with Crippen molar-refractivity contribution in [3.8, 4) is 0 Å². The Hall–Kier alpha value is -0.0800. The Labute approximate surface area is 115 Å². The minimum atomic E-state index is 1.21. The van der Waals surface area contributed by atoms with Crippen LogP contribution in [0.5, 0.6) is 0 Å². The highest BCUT2D eigenvalue weighted by atomic mass is 14.8. The summed E-state index contributed by atoms with van der Waals surface area (Å²) in [7, 11) is 0. The molecular formula is C16H36N2. The quantitative estimate of drug-likeness (QED) is 0.431. The molecule has 0 amide bonds. The third kappa shape index (κ3) is 15.9. The van der Waals surface area contributed by atoms with Crippen LogP contribution in [0, 0.1) is 0 Å². The van der Waals surface area contributed by atoms with Crippen LogP contribution in [0.1, 0.15) is 78.1 Å². The van der Waals surface area contributed by atoms with Gasteiger partial charge in [0.05, 0.1) is 0 Å². The van der Waals surface area contributed by atoms with Gasteiger partial charge in [0, 0.05) is 0 Å². The van der Waals surface area contributed by atoms with E-state index >= 15 is 0 Å². The van der Waals surface area contributed by atoms with Crippen LogP contribution in [-0.2, 0) is 0 Å². The highest BCUT2D eigenvalue weighted by molar-refractivity contribution is 4.52. The molecule has 0 aromatic heterocycles. The van der Waals surface area contributed by atoms with Crippen molar-refractivity contribution in [3.05, 3.63) is 0 Å². The molecule has 0 aliphatic heterocycles. The lowest BCUT2D eigenvalue weighted by molar-refractivity contribution is 0.542. The van der Waals surface area contributed by atoms with Crippen LogP contribution in [0.3, 0.4) is 0 Å². The zero-order chi connectivity index (χ0) is 13.3. The molecule has 18 heavy (non-hydrogen) atoms. The lowest BCUT2D eigenvalue weighted by atomic mass is 10.1. The summed E-state index contributed by atoms with van der Waals surface area (Å²) in [4.78, 5) is 0. The SMILES string of the molecule is CCCCNCCCCCCCCNCCCC. The summed E-state index contributed by atoms with van der Waals surface area (Å²) < 4.78 is 0. The van der Waals surface area contributed by atoms with Crippen molar-refractivity contribution in [3.63, 3.8) is 0 Å². The van der Waals surface area contributed by atoms with E-state index in [2.05, 4.69) is 24.5 Å². The van der Waals surface area contributed by atoms with E-state index in [4.69, 9.17) is 0 Å². The number of hydrogen-bond acceptors (Lipinski definition) is 2. The smallest absolute Gasteiger partial charge is 0.00489 e. The van der Waals surface area contributed by atoms with E-state index < -0.39 is 0 Å². The van der Waals surface area contributed by atoms with Crippen molar-refractivity contribution >= 4 is 0 Å². The molecule has 0 saturated heterocycles. The van der Waals surface area contributed by atoms with Gasteiger partial charge in [-0.2, -0.15) is 0 Å². The molecule has 0 unspecified atom stereocenters. The molecule has 0 rings (SSSR count). The first-order chi connectivity index (χ1) is 8.91. The van der Waals surface area contributed by atoms with Gasteiger partial charge in [-0.3, -0.25) is 0 Å². The van der Waals surface area contributed by atoms with Crippen LogP contribution in [0.2, 0.25) is 0 Å². The van der Waals surface area contributed by atoms with Crippen molar-refractivity contribution in [2.24, 2.45) is 0 Å². The fourth-order valence-electron chi connectivity index (χ4n) is 2.06. The van der Waals surface area contributed by atoms with Gasteiger partial charge in [0.2, 0.25) is 0 Å². The van der Waals surface area contributed by atoms with E-state index in [9.17, 15) is 0 Å². The van der Waals surface area contributed by atoms with Crippen molar-refractivity contribution in [1.82, 2.24) is 10.6 Å². The average Bonchev–Trinajstić information content (AvgIpc) is 2.39. The molecule has 0 radical (unpaired) electrons. The molecule has 0 heterocycles. The Morgan fingerprint density at radius 3 is 1.17 bits per heavy atom. The van der Waals surface area contributed by atoms with Gasteiger partial charge in [-0.25, -0.2) is 0 Å². The molecule has 0 spiro atoms. The molecule has 0 aromatic rings. The maximum absolute atomic E-state index is 3.51. The van der Waals surface area contributed by atoms with Gasteiger partial charge >= 0.3 is 0 Å². The first kappa shape index (κ1) is 17.9. The molecule has 0 fully saturated rings. The van der Waals surface area contributed by atoms with Gasteiger partial charge < -0.3 is 10.6 Å². The molecule has 0 atom stereocenters. The third-order valence-corrected chi connectivity index (χ3v) is 3.37. The average molecular weight is 256 g/mol. The fourth-order valence-corrected chi connectivity index (χ4v) is 2.06. The molecule has 2 heteroatoms. The van der Waals surface area contributed by atoms with E-state index in [-0.39, 0.29) is 0 Å². The molecule has 0 aliphatic rings. The van der Waals surface area contributed by atoms with Crippen LogP contribution in [0.4, 0.5) is 0 Å². The molecule has 2 N–H and O–H groups in total. The first-order valence-electron chi connectivity index (χ1n) is 8.33. The second-order valence-electron chi connectivity index (χ2n) is 5.33. The third-order valence-electron chi connectivity index (χ3n) is 3.37. The van der Waals surface area contributed by atoms with Gasteiger partial charge in [0.15, 0.2) is 0 Å². The van der Waals surface area contributed by atoms with Crippen LogP contribution < -0.4 is 10.6 Å². The van der Waals surface area contributed by atoms with E-state index in [0.717, 1.165) is 0 Å². The number of hydrogen-bond donors (Lipinski definition) is 2. The summed E-state index contributed by atoms with van der Waals surface area (Å²) >= 11 is 0. The first-order valence-corrected chi connectivity index (χ1v) is 8.33. The maximum Gasteiger partial charge on any atom is -0.00489 e. The van der Waals surface area contributed by atoms with Gasteiger partial charge in [-0.05, 0) is 51.9 Å². The van der Waals surface area contributed by atoms with Crippen molar-refractivity contribution in [2.45, 2.75) is 78.1 Å². The predicted molar refractivity (Wildman–Crippen MR) is 83.3 cm³/mol.